The highest BCUT2D eigenvalue weighted by molar-refractivity contribution is 7.10. The van der Waals surface area contributed by atoms with Crippen LogP contribution in [0, 0.1) is 5.41 Å². The lowest BCUT2D eigenvalue weighted by atomic mass is 9.81. The third-order valence-electron chi connectivity index (χ3n) is 3.92. The first-order valence-corrected chi connectivity index (χ1v) is 8.48. The summed E-state index contributed by atoms with van der Waals surface area (Å²) >= 11 is 1.83. The van der Waals surface area contributed by atoms with Gasteiger partial charge < -0.3 is 0 Å². The second-order valence-electron chi connectivity index (χ2n) is 6.79. The highest BCUT2D eigenvalue weighted by Crippen LogP contribution is 2.34. The van der Waals surface area contributed by atoms with Crippen LogP contribution in [-0.4, -0.2) is 18.0 Å². The molecule has 0 radical (unpaired) electrons. The Hall–Kier alpha value is -1.38. The van der Waals surface area contributed by atoms with E-state index in [1.807, 2.05) is 11.3 Å². The van der Waals surface area contributed by atoms with E-state index in [-0.39, 0.29) is 0 Å². The van der Waals surface area contributed by atoms with Crippen molar-refractivity contribution < 1.29 is 0 Å². The number of piperidine rings is 1. The summed E-state index contributed by atoms with van der Waals surface area (Å²) in [5.74, 6) is 0. The molecule has 0 unspecified atom stereocenters. The first-order chi connectivity index (χ1) is 10.1. The van der Waals surface area contributed by atoms with Crippen molar-refractivity contribution in [2.75, 3.05) is 13.1 Å². The lowest BCUT2D eigenvalue weighted by Gasteiger charge is -2.39. The fraction of sp³-hybridized carbons (Fsp3) is 0.368. The summed E-state index contributed by atoms with van der Waals surface area (Å²) in [6.45, 7) is 8.07. The van der Waals surface area contributed by atoms with Crippen LogP contribution < -0.4 is 0 Å². The van der Waals surface area contributed by atoms with Crippen LogP contribution in [-0.2, 0) is 6.54 Å². The molecule has 0 N–H and O–H groups in total. The van der Waals surface area contributed by atoms with Gasteiger partial charge in [-0.05, 0) is 34.9 Å². The van der Waals surface area contributed by atoms with Gasteiger partial charge in [0, 0.05) is 24.5 Å². The molecule has 2 aromatic rings. The van der Waals surface area contributed by atoms with Gasteiger partial charge in [-0.2, -0.15) is 0 Å². The molecular formula is C19H23NS. The molecule has 0 atom stereocenters. The smallest absolute Gasteiger partial charge is 0.0270 e. The van der Waals surface area contributed by atoms with Gasteiger partial charge in [-0.25, -0.2) is 0 Å². The normalized spacial score (nSPS) is 20.8. The molecule has 2 heteroatoms. The topological polar surface area (TPSA) is 3.24 Å². The second kappa shape index (κ2) is 6.17. The quantitative estimate of drug-likeness (QED) is 0.765. The van der Waals surface area contributed by atoms with Crippen molar-refractivity contribution in [1.29, 1.82) is 0 Å². The van der Waals surface area contributed by atoms with E-state index in [0.29, 0.717) is 5.41 Å². The minimum atomic E-state index is 0.357. The predicted molar refractivity (Wildman–Crippen MR) is 92.4 cm³/mol. The number of hydrogen-bond acceptors (Lipinski definition) is 2. The van der Waals surface area contributed by atoms with Crippen molar-refractivity contribution in [2.24, 2.45) is 5.41 Å². The van der Waals surface area contributed by atoms with E-state index in [1.165, 1.54) is 23.4 Å². The monoisotopic (exact) mass is 297 g/mol. The molecule has 1 aliphatic rings. The molecule has 21 heavy (non-hydrogen) atoms. The molecule has 1 aliphatic heterocycles. The molecule has 110 valence electrons. The molecule has 1 fully saturated rings. The summed E-state index contributed by atoms with van der Waals surface area (Å²) in [6.07, 6.45) is 3.60. The number of likely N-dealkylation sites (tertiary alicyclic amines) is 1. The number of nitrogens with zero attached hydrogens (tertiary/aromatic N) is 1. The zero-order valence-electron chi connectivity index (χ0n) is 12.9. The third-order valence-corrected chi connectivity index (χ3v) is 4.74. The fourth-order valence-electron chi connectivity index (χ4n) is 3.30. The van der Waals surface area contributed by atoms with Crippen LogP contribution in [0.25, 0.3) is 6.08 Å². The molecule has 1 aromatic carbocycles. The molecule has 1 aromatic heterocycles. The minimum absolute atomic E-state index is 0.357. The Morgan fingerprint density at radius 2 is 1.95 bits per heavy atom. The van der Waals surface area contributed by atoms with Crippen LogP contribution in [0.15, 0.2) is 53.4 Å². The standard InChI is InChI=1S/C19H23NS/c1-19(2)12-17(11-18-9-6-10-21-18)14-20(15-19)13-16-7-4-3-5-8-16/h3-11H,12-15H2,1-2H3. The van der Waals surface area contributed by atoms with Gasteiger partial charge in [0.15, 0.2) is 0 Å². The second-order valence-corrected chi connectivity index (χ2v) is 7.77. The van der Waals surface area contributed by atoms with Crippen molar-refractivity contribution in [3.8, 4) is 0 Å². The third kappa shape index (κ3) is 4.05. The van der Waals surface area contributed by atoms with E-state index in [9.17, 15) is 0 Å². The molecular weight excluding hydrogens is 274 g/mol. The summed E-state index contributed by atoms with van der Waals surface area (Å²) < 4.78 is 0. The van der Waals surface area contributed by atoms with Crippen molar-refractivity contribution in [2.45, 2.75) is 26.8 Å². The Bertz CT molecular complexity index is 596. The maximum Gasteiger partial charge on any atom is 0.0270 e. The maximum atomic E-state index is 2.58. The Balaban J connectivity index is 1.76. The van der Waals surface area contributed by atoms with Crippen LogP contribution in [0.5, 0.6) is 0 Å². The lowest BCUT2D eigenvalue weighted by molar-refractivity contribution is 0.147. The van der Waals surface area contributed by atoms with Gasteiger partial charge in [-0.1, -0.05) is 55.8 Å². The molecule has 0 bridgehead atoms. The zero-order valence-corrected chi connectivity index (χ0v) is 13.7. The summed E-state index contributed by atoms with van der Waals surface area (Å²) in [4.78, 5) is 3.96. The first-order valence-electron chi connectivity index (χ1n) is 7.60. The summed E-state index contributed by atoms with van der Waals surface area (Å²) in [5.41, 5.74) is 3.33. The summed E-state index contributed by atoms with van der Waals surface area (Å²) in [7, 11) is 0. The highest BCUT2D eigenvalue weighted by atomic mass is 32.1. The van der Waals surface area contributed by atoms with Gasteiger partial charge in [-0.3, -0.25) is 4.90 Å². The minimum Gasteiger partial charge on any atom is -0.295 e. The summed E-state index contributed by atoms with van der Waals surface area (Å²) in [5, 5.41) is 2.15. The molecule has 0 amide bonds. The largest absolute Gasteiger partial charge is 0.295 e. The Labute approximate surface area is 131 Å². The molecule has 0 aliphatic carbocycles. The van der Waals surface area contributed by atoms with E-state index < -0.39 is 0 Å². The number of thiophene rings is 1. The van der Waals surface area contributed by atoms with Gasteiger partial charge in [0.25, 0.3) is 0 Å². The first kappa shape index (κ1) is 14.6. The number of benzene rings is 1. The van der Waals surface area contributed by atoms with E-state index in [0.717, 1.165) is 13.1 Å². The van der Waals surface area contributed by atoms with E-state index in [2.05, 4.69) is 72.7 Å². The number of rotatable bonds is 3. The van der Waals surface area contributed by atoms with Crippen LogP contribution in [0.3, 0.4) is 0 Å². The molecule has 1 saturated heterocycles. The lowest BCUT2D eigenvalue weighted by Crippen LogP contribution is -2.40. The Kier molecular flexibility index (Phi) is 4.27. The van der Waals surface area contributed by atoms with Crippen molar-refractivity contribution in [3.63, 3.8) is 0 Å². The SMILES string of the molecule is CC1(C)CC(=Cc2cccs2)CN(Cc2ccccc2)C1. The predicted octanol–water partition coefficient (Wildman–Crippen LogP) is 5.06. The van der Waals surface area contributed by atoms with Gasteiger partial charge in [0.05, 0.1) is 0 Å². The molecule has 2 heterocycles. The van der Waals surface area contributed by atoms with E-state index >= 15 is 0 Å². The van der Waals surface area contributed by atoms with Crippen LogP contribution in [0.4, 0.5) is 0 Å². The average Bonchev–Trinajstić information content (AvgIpc) is 2.90. The average molecular weight is 297 g/mol. The van der Waals surface area contributed by atoms with Crippen molar-refractivity contribution in [1.82, 2.24) is 4.90 Å². The maximum absolute atomic E-state index is 2.58. The van der Waals surface area contributed by atoms with Crippen LogP contribution in [0.1, 0.15) is 30.7 Å². The number of hydrogen-bond donors (Lipinski definition) is 0. The highest BCUT2D eigenvalue weighted by Gasteiger charge is 2.29. The molecule has 0 saturated carbocycles. The molecule has 1 nitrogen and oxygen atoms in total. The van der Waals surface area contributed by atoms with Gasteiger partial charge >= 0.3 is 0 Å². The summed E-state index contributed by atoms with van der Waals surface area (Å²) in [6, 6.07) is 15.1. The van der Waals surface area contributed by atoms with E-state index in [4.69, 9.17) is 0 Å². The van der Waals surface area contributed by atoms with Gasteiger partial charge in [0.2, 0.25) is 0 Å². The Morgan fingerprint density at radius 3 is 2.67 bits per heavy atom. The molecule has 0 spiro atoms. The fourth-order valence-corrected chi connectivity index (χ4v) is 4.01. The Morgan fingerprint density at radius 1 is 1.14 bits per heavy atom. The molecule has 3 rings (SSSR count). The van der Waals surface area contributed by atoms with Gasteiger partial charge in [-0.15, -0.1) is 11.3 Å². The van der Waals surface area contributed by atoms with Crippen molar-refractivity contribution in [3.05, 3.63) is 63.9 Å². The van der Waals surface area contributed by atoms with Crippen LogP contribution >= 0.6 is 11.3 Å². The van der Waals surface area contributed by atoms with Crippen LogP contribution in [0.2, 0.25) is 0 Å². The zero-order chi connectivity index (χ0) is 14.7. The van der Waals surface area contributed by atoms with Gasteiger partial charge in [0.1, 0.15) is 0 Å². The van der Waals surface area contributed by atoms with Crippen molar-refractivity contribution >= 4 is 17.4 Å². The van der Waals surface area contributed by atoms with E-state index in [1.54, 1.807) is 5.57 Å².